The van der Waals surface area contributed by atoms with Crippen molar-refractivity contribution in [1.82, 2.24) is 15.2 Å². The molecular weight excluding hydrogens is 312 g/mol. The van der Waals surface area contributed by atoms with Gasteiger partial charge in [-0.1, -0.05) is 6.92 Å². The number of carbonyl (C=O) groups excluding carboxylic acids is 1. The van der Waals surface area contributed by atoms with Crippen molar-refractivity contribution >= 4 is 23.3 Å². The van der Waals surface area contributed by atoms with E-state index in [-0.39, 0.29) is 11.9 Å². The first-order valence-electron chi connectivity index (χ1n) is 8.23. The molecule has 1 aromatic heterocycles. The number of likely N-dealkylation sites (tertiary alicyclic amines) is 1. The molecule has 0 bridgehead atoms. The van der Waals surface area contributed by atoms with Crippen molar-refractivity contribution < 1.29 is 9.53 Å². The van der Waals surface area contributed by atoms with Gasteiger partial charge in [0, 0.05) is 31.2 Å². The van der Waals surface area contributed by atoms with Gasteiger partial charge in [0.15, 0.2) is 5.96 Å². The molecule has 1 saturated heterocycles. The molecule has 7 heteroatoms. The molecule has 1 aliphatic heterocycles. The first-order valence-corrected chi connectivity index (χ1v) is 9.05. The highest BCUT2D eigenvalue weighted by Gasteiger charge is 2.27. The average Bonchev–Trinajstić information content (AvgIpc) is 3.04. The molecule has 1 aliphatic rings. The van der Waals surface area contributed by atoms with E-state index in [1.807, 2.05) is 13.1 Å². The van der Waals surface area contributed by atoms with Gasteiger partial charge in [0.2, 0.25) is 0 Å². The van der Waals surface area contributed by atoms with Crippen molar-refractivity contribution in [2.45, 2.75) is 39.7 Å². The number of thiazole rings is 1. The Bertz CT molecular complexity index is 536. The summed E-state index contributed by atoms with van der Waals surface area (Å²) in [4.78, 5) is 24.1. The minimum atomic E-state index is -0.0648. The fraction of sp³-hybridized carbons (Fsp3) is 0.688. The Morgan fingerprint density at radius 1 is 1.48 bits per heavy atom. The predicted molar refractivity (Wildman–Crippen MR) is 92.6 cm³/mol. The van der Waals surface area contributed by atoms with Crippen LogP contribution in [0.15, 0.2) is 11.2 Å². The zero-order chi connectivity index (χ0) is 16.7. The molecular formula is C16H26N4O2S. The zero-order valence-electron chi connectivity index (χ0n) is 14.2. The van der Waals surface area contributed by atoms with Crippen molar-refractivity contribution in [2.24, 2.45) is 10.9 Å². The Morgan fingerprint density at radius 2 is 2.22 bits per heavy atom. The van der Waals surface area contributed by atoms with Crippen molar-refractivity contribution in [3.63, 3.8) is 0 Å². The summed E-state index contributed by atoms with van der Waals surface area (Å²) in [6.07, 6.45) is 4.59. The Hall–Kier alpha value is -1.63. The maximum Gasteiger partial charge on any atom is 0.309 e. The largest absolute Gasteiger partial charge is 0.466 e. The second kappa shape index (κ2) is 8.86. The molecule has 0 amide bonds. The molecule has 0 radical (unpaired) electrons. The number of nitrogens with one attached hydrogen (secondary N) is 1. The van der Waals surface area contributed by atoms with Gasteiger partial charge in [-0.05, 0) is 26.2 Å². The summed E-state index contributed by atoms with van der Waals surface area (Å²) in [6, 6.07) is 0. The number of hydrogen-bond acceptors (Lipinski definition) is 5. The summed E-state index contributed by atoms with van der Waals surface area (Å²) in [5.74, 6) is 0.834. The first kappa shape index (κ1) is 17.7. The van der Waals surface area contributed by atoms with Gasteiger partial charge < -0.3 is 15.0 Å². The van der Waals surface area contributed by atoms with Crippen molar-refractivity contribution in [2.75, 3.05) is 26.7 Å². The van der Waals surface area contributed by atoms with E-state index in [1.54, 1.807) is 18.4 Å². The van der Waals surface area contributed by atoms with Crippen LogP contribution < -0.4 is 5.32 Å². The highest BCUT2D eigenvalue weighted by molar-refractivity contribution is 7.11. The Kier molecular flexibility index (Phi) is 6.83. The topological polar surface area (TPSA) is 66.8 Å². The second-order valence-corrected chi connectivity index (χ2v) is 6.69. The summed E-state index contributed by atoms with van der Waals surface area (Å²) < 4.78 is 5.11. The third-order valence-corrected chi connectivity index (χ3v) is 5.12. The fourth-order valence-corrected chi connectivity index (χ4v) is 3.47. The van der Waals surface area contributed by atoms with E-state index in [0.29, 0.717) is 13.2 Å². The van der Waals surface area contributed by atoms with Gasteiger partial charge in [0.1, 0.15) is 5.01 Å². The van der Waals surface area contributed by atoms with Gasteiger partial charge in [-0.25, -0.2) is 4.98 Å². The second-order valence-electron chi connectivity index (χ2n) is 5.49. The minimum Gasteiger partial charge on any atom is -0.466 e. The standard InChI is InChI=1S/C16H26N4O2S/c1-4-13-10-18-14(23-13)11-19-16(17-3)20-8-6-12(7-9-20)15(21)22-5-2/h10,12H,4-9,11H2,1-3H3,(H,17,19). The number of esters is 1. The lowest BCUT2D eigenvalue weighted by Gasteiger charge is -2.33. The van der Waals surface area contributed by atoms with E-state index >= 15 is 0 Å². The molecule has 2 rings (SSSR count). The highest BCUT2D eigenvalue weighted by atomic mass is 32.1. The monoisotopic (exact) mass is 338 g/mol. The SMILES string of the molecule is CCOC(=O)C1CCN(C(=NC)NCc2ncc(CC)s2)CC1. The maximum atomic E-state index is 11.8. The van der Waals surface area contributed by atoms with Crippen LogP contribution in [0.2, 0.25) is 0 Å². The molecule has 1 aromatic rings. The van der Waals surface area contributed by atoms with E-state index in [1.165, 1.54) is 4.88 Å². The van der Waals surface area contributed by atoms with Gasteiger partial charge in [-0.2, -0.15) is 0 Å². The lowest BCUT2D eigenvalue weighted by atomic mass is 9.97. The van der Waals surface area contributed by atoms with Crippen LogP contribution >= 0.6 is 11.3 Å². The van der Waals surface area contributed by atoms with Crippen LogP contribution in [0.4, 0.5) is 0 Å². The zero-order valence-corrected chi connectivity index (χ0v) is 15.0. The summed E-state index contributed by atoms with van der Waals surface area (Å²) in [6.45, 7) is 6.77. The van der Waals surface area contributed by atoms with Crippen LogP contribution in [0.25, 0.3) is 0 Å². The molecule has 23 heavy (non-hydrogen) atoms. The number of aliphatic imine (C=N–C) groups is 1. The number of nitrogens with zero attached hydrogens (tertiary/aromatic N) is 3. The summed E-state index contributed by atoms with van der Waals surface area (Å²) >= 11 is 1.73. The van der Waals surface area contributed by atoms with E-state index in [9.17, 15) is 4.79 Å². The third-order valence-electron chi connectivity index (χ3n) is 3.97. The number of aromatic nitrogens is 1. The third kappa shape index (κ3) is 4.92. The van der Waals surface area contributed by atoms with Gasteiger partial charge in [0.05, 0.1) is 19.1 Å². The number of carbonyl (C=O) groups is 1. The molecule has 0 saturated carbocycles. The Morgan fingerprint density at radius 3 is 2.78 bits per heavy atom. The van der Waals surface area contributed by atoms with E-state index in [0.717, 1.165) is 43.3 Å². The molecule has 1 fully saturated rings. The van der Waals surface area contributed by atoms with Crippen molar-refractivity contribution in [1.29, 1.82) is 0 Å². The lowest BCUT2D eigenvalue weighted by Crippen LogP contribution is -2.46. The van der Waals surface area contributed by atoms with E-state index in [4.69, 9.17) is 4.74 Å². The molecule has 0 unspecified atom stereocenters. The van der Waals surface area contributed by atoms with Crippen LogP contribution in [-0.4, -0.2) is 48.6 Å². The van der Waals surface area contributed by atoms with Gasteiger partial charge in [0.25, 0.3) is 0 Å². The van der Waals surface area contributed by atoms with Gasteiger partial charge in [-0.15, -0.1) is 11.3 Å². The molecule has 6 nitrogen and oxygen atoms in total. The van der Waals surface area contributed by atoms with Gasteiger partial charge >= 0.3 is 5.97 Å². The van der Waals surface area contributed by atoms with Crippen LogP contribution in [0.1, 0.15) is 36.6 Å². The Balaban J connectivity index is 1.82. The molecule has 2 heterocycles. The van der Waals surface area contributed by atoms with Crippen LogP contribution in [0.5, 0.6) is 0 Å². The van der Waals surface area contributed by atoms with E-state index < -0.39 is 0 Å². The molecule has 0 aliphatic carbocycles. The van der Waals surface area contributed by atoms with Crippen LogP contribution in [0, 0.1) is 5.92 Å². The quantitative estimate of drug-likeness (QED) is 0.506. The normalized spacial score (nSPS) is 16.5. The van der Waals surface area contributed by atoms with Gasteiger partial charge in [-0.3, -0.25) is 9.79 Å². The number of ether oxygens (including phenoxy) is 1. The van der Waals surface area contributed by atoms with E-state index in [2.05, 4.69) is 27.1 Å². The highest BCUT2D eigenvalue weighted by Crippen LogP contribution is 2.19. The minimum absolute atomic E-state index is 0.0235. The lowest BCUT2D eigenvalue weighted by molar-refractivity contribution is -0.149. The van der Waals surface area contributed by atoms with Crippen molar-refractivity contribution in [3.8, 4) is 0 Å². The fourth-order valence-electron chi connectivity index (χ4n) is 2.67. The first-order chi connectivity index (χ1) is 11.2. The molecule has 0 aromatic carbocycles. The molecule has 128 valence electrons. The number of hydrogen-bond donors (Lipinski definition) is 1. The number of guanidine groups is 1. The molecule has 0 atom stereocenters. The number of rotatable bonds is 5. The van der Waals surface area contributed by atoms with Crippen LogP contribution in [-0.2, 0) is 22.5 Å². The average molecular weight is 338 g/mol. The summed E-state index contributed by atoms with van der Waals surface area (Å²) in [5.41, 5.74) is 0. The van der Waals surface area contributed by atoms with Crippen molar-refractivity contribution in [3.05, 3.63) is 16.1 Å². The maximum absolute atomic E-state index is 11.8. The summed E-state index contributed by atoms with van der Waals surface area (Å²) in [7, 11) is 1.79. The summed E-state index contributed by atoms with van der Waals surface area (Å²) in [5, 5.41) is 4.44. The Labute approximate surface area is 142 Å². The predicted octanol–water partition coefficient (Wildman–Crippen LogP) is 2.06. The number of aryl methyl sites for hydroxylation is 1. The smallest absolute Gasteiger partial charge is 0.309 e. The van der Waals surface area contributed by atoms with Crippen LogP contribution in [0.3, 0.4) is 0 Å². The number of piperidine rings is 1. The molecule has 0 spiro atoms. The molecule has 1 N–H and O–H groups in total.